The molecule has 0 spiro atoms. The van der Waals surface area contributed by atoms with E-state index in [0.29, 0.717) is 0 Å². The Morgan fingerprint density at radius 2 is 0.400 bits per heavy atom. The van der Waals surface area contributed by atoms with E-state index in [1.54, 1.807) is 0 Å². The summed E-state index contributed by atoms with van der Waals surface area (Å²) in [5.74, 6) is 0. The lowest BCUT2D eigenvalue weighted by Gasteiger charge is -2.14. The van der Waals surface area contributed by atoms with Crippen molar-refractivity contribution >= 4 is 0 Å². The van der Waals surface area contributed by atoms with Crippen LogP contribution in [0.1, 0.15) is 33.4 Å². The van der Waals surface area contributed by atoms with E-state index >= 15 is 0 Å². The number of rotatable bonds is 3. The van der Waals surface area contributed by atoms with Crippen LogP contribution in [0.25, 0.3) is 33.4 Å². The Morgan fingerprint density at radius 1 is 0.233 bits per heavy atom. The van der Waals surface area contributed by atoms with Crippen LogP contribution in [0.15, 0.2) is 72.8 Å². The first-order chi connectivity index (χ1) is 14.3. The summed E-state index contributed by atoms with van der Waals surface area (Å²) < 4.78 is 0. The zero-order valence-electron chi connectivity index (χ0n) is 18.9. The molecule has 0 heterocycles. The molecule has 0 amide bonds. The van der Waals surface area contributed by atoms with Crippen LogP contribution in [-0.4, -0.2) is 0 Å². The zero-order chi connectivity index (χ0) is 21.4. The number of hydrogen-bond acceptors (Lipinski definition) is 0. The monoisotopic (exact) mass is 390 g/mol. The molecule has 0 unspecified atom stereocenters. The largest absolute Gasteiger partial charge is 0.0563 e. The fourth-order valence-electron chi connectivity index (χ4n) is 4.55. The molecule has 4 aromatic carbocycles. The molecule has 0 aliphatic carbocycles. The Morgan fingerprint density at radius 3 is 0.600 bits per heavy atom. The summed E-state index contributed by atoms with van der Waals surface area (Å²) in [7, 11) is 0. The predicted octanol–water partition coefficient (Wildman–Crippen LogP) is 8.54. The van der Waals surface area contributed by atoms with Crippen LogP contribution in [-0.2, 0) is 0 Å². The molecule has 0 nitrogen and oxygen atoms in total. The standard InChI is InChI=1S/C30H30/c1-19-7-20(2)11-25(10-19)28-16-29(26-12-21(3)8-22(4)13-26)18-30(17-28)27-14-23(5)9-24(6)15-27/h7-18H,1-6H3. The summed E-state index contributed by atoms with van der Waals surface area (Å²) in [4.78, 5) is 0. The van der Waals surface area contributed by atoms with Crippen molar-refractivity contribution in [1.29, 1.82) is 0 Å². The molecular formula is C30H30. The van der Waals surface area contributed by atoms with Gasteiger partial charge in [0.2, 0.25) is 0 Å². The van der Waals surface area contributed by atoms with Gasteiger partial charge in [-0.15, -0.1) is 0 Å². The molecule has 0 heteroatoms. The average molecular weight is 391 g/mol. The first-order valence-corrected chi connectivity index (χ1v) is 10.7. The third-order valence-electron chi connectivity index (χ3n) is 5.60. The summed E-state index contributed by atoms with van der Waals surface area (Å²) >= 11 is 0. The molecule has 0 atom stereocenters. The van der Waals surface area contributed by atoms with Crippen LogP contribution < -0.4 is 0 Å². The summed E-state index contributed by atoms with van der Waals surface area (Å²) in [6.07, 6.45) is 0. The molecule has 0 N–H and O–H groups in total. The van der Waals surface area contributed by atoms with Crippen molar-refractivity contribution in [2.24, 2.45) is 0 Å². The average Bonchev–Trinajstić information content (AvgIpc) is 2.65. The predicted molar refractivity (Wildman–Crippen MR) is 131 cm³/mol. The minimum absolute atomic E-state index is 1.27. The lowest BCUT2D eigenvalue weighted by molar-refractivity contribution is 1.37. The van der Waals surface area contributed by atoms with Crippen LogP contribution in [0.4, 0.5) is 0 Å². The molecule has 0 bridgehead atoms. The summed E-state index contributed by atoms with van der Waals surface area (Å²) in [6.45, 7) is 13.1. The van der Waals surface area contributed by atoms with Crippen molar-refractivity contribution in [3.63, 3.8) is 0 Å². The highest BCUT2D eigenvalue weighted by Gasteiger charge is 2.10. The molecule has 30 heavy (non-hydrogen) atoms. The second-order valence-electron chi connectivity index (χ2n) is 8.93. The van der Waals surface area contributed by atoms with Gasteiger partial charge in [-0.1, -0.05) is 88.0 Å². The maximum Gasteiger partial charge on any atom is -0.0171 e. The van der Waals surface area contributed by atoms with Crippen molar-refractivity contribution < 1.29 is 0 Å². The van der Waals surface area contributed by atoms with E-state index < -0.39 is 0 Å². The van der Waals surface area contributed by atoms with E-state index in [-0.39, 0.29) is 0 Å². The highest BCUT2D eigenvalue weighted by atomic mass is 14.1. The molecule has 0 radical (unpaired) electrons. The van der Waals surface area contributed by atoms with E-state index in [2.05, 4.69) is 114 Å². The van der Waals surface area contributed by atoms with Crippen LogP contribution >= 0.6 is 0 Å². The summed E-state index contributed by atoms with van der Waals surface area (Å²) in [6, 6.07) is 27.5. The Hall–Kier alpha value is -3.12. The van der Waals surface area contributed by atoms with Gasteiger partial charge < -0.3 is 0 Å². The molecule has 150 valence electrons. The normalized spacial score (nSPS) is 11.0. The molecule has 0 saturated carbocycles. The third kappa shape index (κ3) is 4.39. The van der Waals surface area contributed by atoms with Crippen LogP contribution in [0.2, 0.25) is 0 Å². The van der Waals surface area contributed by atoms with E-state index in [0.717, 1.165) is 0 Å². The lowest BCUT2D eigenvalue weighted by atomic mass is 9.90. The summed E-state index contributed by atoms with van der Waals surface area (Å²) in [5.41, 5.74) is 15.5. The topological polar surface area (TPSA) is 0 Å². The molecule has 0 saturated heterocycles. The molecule has 0 aliphatic rings. The van der Waals surface area contributed by atoms with Gasteiger partial charge in [0.15, 0.2) is 0 Å². The third-order valence-corrected chi connectivity index (χ3v) is 5.60. The smallest absolute Gasteiger partial charge is 0.0171 e. The fourth-order valence-corrected chi connectivity index (χ4v) is 4.55. The van der Waals surface area contributed by atoms with E-state index in [1.165, 1.54) is 66.8 Å². The number of benzene rings is 4. The van der Waals surface area contributed by atoms with Gasteiger partial charge in [-0.05, 0) is 93.1 Å². The van der Waals surface area contributed by atoms with Crippen molar-refractivity contribution in [3.05, 3.63) is 106 Å². The lowest BCUT2D eigenvalue weighted by Crippen LogP contribution is -1.90. The Bertz CT molecular complexity index is 1010. The maximum absolute atomic E-state index is 2.34. The second-order valence-corrected chi connectivity index (χ2v) is 8.93. The number of hydrogen-bond donors (Lipinski definition) is 0. The first kappa shape index (κ1) is 20.2. The first-order valence-electron chi connectivity index (χ1n) is 10.7. The Kier molecular flexibility index (Phi) is 5.35. The van der Waals surface area contributed by atoms with Crippen LogP contribution in [0.3, 0.4) is 0 Å². The van der Waals surface area contributed by atoms with Crippen molar-refractivity contribution in [1.82, 2.24) is 0 Å². The SMILES string of the molecule is Cc1cc(C)cc(-c2cc(-c3cc(C)cc(C)c3)cc(-c3cc(C)cc(C)c3)c2)c1. The Balaban J connectivity index is 1.98. The highest BCUT2D eigenvalue weighted by molar-refractivity contribution is 5.82. The molecule has 4 aromatic rings. The van der Waals surface area contributed by atoms with E-state index in [9.17, 15) is 0 Å². The van der Waals surface area contributed by atoms with Gasteiger partial charge in [0, 0.05) is 0 Å². The van der Waals surface area contributed by atoms with Crippen molar-refractivity contribution in [2.75, 3.05) is 0 Å². The maximum atomic E-state index is 2.34. The molecular weight excluding hydrogens is 360 g/mol. The summed E-state index contributed by atoms with van der Waals surface area (Å²) in [5, 5.41) is 0. The van der Waals surface area contributed by atoms with Crippen molar-refractivity contribution in [2.45, 2.75) is 41.5 Å². The van der Waals surface area contributed by atoms with Crippen LogP contribution in [0.5, 0.6) is 0 Å². The van der Waals surface area contributed by atoms with Gasteiger partial charge in [-0.2, -0.15) is 0 Å². The minimum atomic E-state index is 1.27. The molecule has 4 rings (SSSR count). The van der Waals surface area contributed by atoms with Gasteiger partial charge in [0.25, 0.3) is 0 Å². The van der Waals surface area contributed by atoms with Gasteiger partial charge >= 0.3 is 0 Å². The van der Waals surface area contributed by atoms with Crippen LogP contribution in [0, 0.1) is 41.5 Å². The Labute approximate surface area is 181 Å². The number of aryl methyl sites for hydroxylation is 6. The van der Waals surface area contributed by atoms with Gasteiger partial charge in [0.05, 0.1) is 0 Å². The van der Waals surface area contributed by atoms with Gasteiger partial charge in [0.1, 0.15) is 0 Å². The minimum Gasteiger partial charge on any atom is -0.0563 e. The molecule has 0 fully saturated rings. The fraction of sp³-hybridized carbons (Fsp3) is 0.200. The van der Waals surface area contributed by atoms with Gasteiger partial charge in [-0.25, -0.2) is 0 Å². The van der Waals surface area contributed by atoms with E-state index in [1.807, 2.05) is 0 Å². The molecule has 0 aromatic heterocycles. The quantitative estimate of drug-likeness (QED) is 0.329. The van der Waals surface area contributed by atoms with Gasteiger partial charge in [-0.3, -0.25) is 0 Å². The zero-order valence-corrected chi connectivity index (χ0v) is 18.9. The highest BCUT2D eigenvalue weighted by Crippen LogP contribution is 2.35. The van der Waals surface area contributed by atoms with E-state index in [4.69, 9.17) is 0 Å². The van der Waals surface area contributed by atoms with Crippen molar-refractivity contribution in [3.8, 4) is 33.4 Å². The molecule has 0 aliphatic heterocycles. The second kappa shape index (κ2) is 7.95.